The van der Waals surface area contributed by atoms with E-state index < -0.39 is 5.82 Å². The molecule has 0 aliphatic carbocycles. The van der Waals surface area contributed by atoms with Crippen LogP contribution < -0.4 is 10.6 Å². The highest BCUT2D eigenvalue weighted by Crippen LogP contribution is 2.20. The van der Waals surface area contributed by atoms with Gasteiger partial charge in [0, 0.05) is 23.6 Å². The molecular formula is C13H18BrClFN3O. The quantitative estimate of drug-likeness (QED) is 0.844. The Hall–Kier alpha value is -0.850. The van der Waals surface area contributed by atoms with Crippen LogP contribution in [0.3, 0.4) is 0 Å². The third kappa shape index (κ3) is 4.33. The van der Waals surface area contributed by atoms with Crippen molar-refractivity contribution in [1.29, 1.82) is 0 Å². The summed E-state index contributed by atoms with van der Waals surface area (Å²) < 4.78 is 14.3. The molecule has 2 amide bonds. The topological polar surface area (TPSA) is 44.4 Å². The Morgan fingerprint density at radius 3 is 2.60 bits per heavy atom. The van der Waals surface area contributed by atoms with Crippen molar-refractivity contribution in [1.82, 2.24) is 10.2 Å². The molecule has 4 nitrogen and oxygen atoms in total. The van der Waals surface area contributed by atoms with Crippen LogP contribution in [0, 0.1) is 5.82 Å². The first kappa shape index (κ1) is 17.2. The van der Waals surface area contributed by atoms with Crippen LogP contribution >= 0.6 is 28.3 Å². The molecule has 2 rings (SSSR count). The molecule has 2 N–H and O–H groups in total. The Balaban J connectivity index is 0.00000200. The molecule has 112 valence electrons. The zero-order valence-electron chi connectivity index (χ0n) is 11.2. The Bertz CT molecular complexity index is 467. The molecule has 1 aromatic carbocycles. The van der Waals surface area contributed by atoms with Crippen molar-refractivity contribution in [3.63, 3.8) is 0 Å². The second-order valence-electron chi connectivity index (χ2n) is 4.60. The van der Waals surface area contributed by atoms with E-state index in [4.69, 9.17) is 0 Å². The number of halogens is 3. The number of nitrogens with zero attached hydrogens (tertiary/aromatic N) is 1. The van der Waals surface area contributed by atoms with E-state index in [1.807, 2.05) is 7.05 Å². The maximum Gasteiger partial charge on any atom is 0.321 e. The van der Waals surface area contributed by atoms with Crippen LogP contribution in [0.4, 0.5) is 14.9 Å². The monoisotopic (exact) mass is 365 g/mol. The number of rotatable bonds is 2. The highest BCUT2D eigenvalue weighted by Gasteiger charge is 2.22. The number of piperidine rings is 1. The van der Waals surface area contributed by atoms with Crippen LogP contribution in [-0.4, -0.2) is 37.1 Å². The van der Waals surface area contributed by atoms with Gasteiger partial charge in [-0.3, -0.25) is 0 Å². The third-order valence-electron chi connectivity index (χ3n) is 3.36. The number of urea groups is 1. The Morgan fingerprint density at radius 1 is 1.40 bits per heavy atom. The fraction of sp³-hybridized carbons (Fsp3) is 0.462. The molecule has 0 saturated carbocycles. The zero-order valence-corrected chi connectivity index (χ0v) is 13.6. The summed E-state index contributed by atoms with van der Waals surface area (Å²) in [6, 6.07) is 4.82. The van der Waals surface area contributed by atoms with Crippen LogP contribution in [0.2, 0.25) is 0 Å². The minimum Gasteiger partial charge on any atom is -0.324 e. The van der Waals surface area contributed by atoms with Gasteiger partial charge in [-0.25, -0.2) is 9.18 Å². The van der Waals surface area contributed by atoms with Crippen molar-refractivity contribution in [3.8, 4) is 0 Å². The van der Waals surface area contributed by atoms with Gasteiger partial charge in [-0.05, 0) is 38.1 Å². The molecular weight excluding hydrogens is 349 g/mol. The molecule has 0 spiro atoms. The number of carbonyl (C=O) groups excluding carboxylic acids is 1. The summed E-state index contributed by atoms with van der Waals surface area (Å²) in [5.41, 5.74) is 0.212. The van der Waals surface area contributed by atoms with E-state index in [1.165, 1.54) is 6.07 Å². The van der Waals surface area contributed by atoms with Crippen molar-refractivity contribution in [2.45, 2.75) is 18.9 Å². The molecule has 1 fully saturated rings. The molecule has 1 heterocycles. The fourth-order valence-electron chi connectivity index (χ4n) is 2.16. The van der Waals surface area contributed by atoms with Crippen molar-refractivity contribution in [3.05, 3.63) is 28.5 Å². The number of carbonyl (C=O) groups is 1. The first-order valence-corrected chi connectivity index (χ1v) is 7.07. The fourth-order valence-corrected chi connectivity index (χ4v) is 2.49. The van der Waals surface area contributed by atoms with Gasteiger partial charge < -0.3 is 15.5 Å². The normalized spacial score (nSPS) is 15.7. The zero-order chi connectivity index (χ0) is 13.8. The van der Waals surface area contributed by atoms with Gasteiger partial charge >= 0.3 is 6.03 Å². The number of benzene rings is 1. The molecule has 0 atom stereocenters. The number of likely N-dealkylation sites (tertiary alicyclic amines) is 1. The van der Waals surface area contributed by atoms with Gasteiger partial charge in [-0.1, -0.05) is 15.9 Å². The molecule has 1 aromatic rings. The summed E-state index contributed by atoms with van der Waals surface area (Å²) >= 11 is 3.18. The number of nitrogens with one attached hydrogen (secondary N) is 2. The molecule has 7 heteroatoms. The molecule has 20 heavy (non-hydrogen) atoms. The first-order valence-electron chi connectivity index (χ1n) is 6.28. The Labute approximate surface area is 132 Å². The van der Waals surface area contributed by atoms with Crippen LogP contribution in [0.25, 0.3) is 0 Å². The van der Waals surface area contributed by atoms with Crippen molar-refractivity contribution < 1.29 is 9.18 Å². The van der Waals surface area contributed by atoms with Crippen LogP contribution in [0.15, 0.2) is 22.7 Å². The summed E-state index contributed by atoms with van der Waals surface area (Å²) in [5.74, 6) is -0.437. The maximum absolute atomic E-state index is 13.6. The second kappa shape index (κ2) is 7.81. The van der Waals surface area contributed by atoms with Crippen LogP contribution in [0.1, 0.15) is 12.8 Å². The smallest absolute Gasteiger partial charge is 0.321 e. The van der Waals surface area contributed by atoms with Gasteiger partial charge in [0.05, 0.1) is 5.69 Å². The standard InChI is InChI=1S/C13H17BrFN3O.ClH/c1-16-10-4-6-18(7-5-10)13(19)17-12-3-2-9(14)8-11(12)15;/h2-3,8,10,16H,4-7H2,1H3,(H,17,19);1H. The van der Waals surface area contributed by atoms with E-state index in [2.05, 4.69) is 26.6 Å². The lowest BCUT2D eigenvalue weighted by atomic mass is 10.1. The summed E-state index contributed by atoms with van der Waals surface area (Å²) in [7, 11) is 1.93. The van der Waals surface area contributed by atoms with Crippen molar-refractivity contribution >= 4 is 40.1 Å². The molecule has 0 radical (unpaired) electrons. The van der Waals surface area contributed by atoms with Crippen LogP contribution in [0.5, 0.6) is 0 Å². The Kier molecular flexibility index (Phi) is 6.71. The van der Waals surface area contributed by atoms with E-state index >= 15 is 0 Å². The lowest BCUT2D eigenvalue weighted by molar-refractivity contribution is 0.190. The lowest BCUT2D eigenvalue weighted by Crippen LogP contribution is -2.45. The van der Waals surface area contributed by atoms with Gasteiger partial charge in [0.15, 0.2) is 0 Å². The maximum atomic E-state index is 13.6. The highest BCUT2D eigenvalue weighted by molar-refractivity contribution is 9.10. The number of amides is 2. The summed E-state index contributed by atoms with van der Waals surface area (Å²) in [4.78, 5) is 13.7. The minimum absolute atomic E-state index is 0. The molecule has 1 aliphatic heterocycles. The number of hydrogen-bond donors (Lipinski definition) is 2. The Morgan fingerprint density at radius 2 is 2.05 bits per heavy atom. The summed E-state index contributed by atoms with van der Waals surface area (Å²) in [5, 5.41) is 5.82. The number of hydrogen-bond acceptors (Lipinski definition) is 2. The molecule has 1 aliphatic rings. The number of anilines is 1. The van der Waals surface area contributed by atoms with Gasteiger partial charge in [-0.2, -0.15) is 0 Å². The third-order valence-corrected chi connectivity index (χ3v) is 3.86. The average molecular weight is 367 g/mol. The minimum atomic E-state index is -0.437. The largest absolute Gasteiger partial charge is 0.324 e. The van der Waals surface area contributed by atoms with Crippen molar-refractivity contribution in [2.75, 3.05) is 25.5 Å². The SMILES string of the molecule is CNC1CCN(C(=O)Nc2ccc(Br)cc2F)CC1.Cl. The van der Waals surface area contributed by atoms with Gasteiger partial charge in [0.25, 0.3) is 0 Å². The van der Waals surface area contributed by atoms with E-state index in [0.29, 0.717) is 23.6 Å². The molecule has 1 saturated heterocycles. The molecule has 0 bridgehead atoms. The van der Waals surface area contributed by atoms with E-state index in [1.54, 1.807) is 17.0 Å². The van der Waals surface area contributed by atoms with E-state index in [-0.39, 0.29) is 24.1 Å². The summed E-state index contributed by atoms with van der Waals surface area (Å²) in [6.45, 7) is 1.38. The predicted octanol–water partition coefficient (Wildman–Crippen LogP) is 3.23. The highest BCUT2D eigenvalue weighted by atomic mass is 79.9. The lowest BCUT2D eigenvalue weighted by Gasteiger charge is -2.31. The van der Waals surface area contributed by atoms with E-state index in [0.717, 1.165) is 12.8 Å². The molecule has 0 unspecified atom stereocenters. The van der Waals surface area contributed by atoms with Gasteiger partial charge in [0.1, 0.15) is 5.82 Å². The van der Waals surface area contributed by atoms with E-state index in [9.17, 15) is 9.18 Å². The average Bonchev–Trinajstić information content (AvgIpc) is 2.42. The first-order chi connectivity index (χ1) is 9.10. The predicted molar refractivity (Wildman–Crippen MR) is 84.0 cm³/mol. The van der Waals surface area contributed by atoms with Gasteiger partial charge in [0.2, 0.25) is 0 Å². The second-order valence-corrected chi connectivity index (χ2v) is 5.52. The summed E-state index contributed by atoms with van der Waals surface area (Å²) in [6.07, 6.45) is 1.85. The van der Waals surface area contributed by atoms with Gasteiger partial charge in [-0.15, -0.1) is 12.4 Å². The van der Waals surface area contributed by atoms with Crippen LogP contribution in [-0.2, 0) is 0 Å². The molecule has 0 aromatic heterocycles. The van der Waals surface area contributed by atoms with Crippen molar-refractivity contribution in [2.24, 2.45) is 0 Å².